The van der Waals surface area contributed by atoms with Gasteiger partial charge in [-0.3, -0.25) is 4.79 Å². The van der Waals surface area contributed by atoms with E-state index in [4.69, 9.17) is 4.42 Å². The number of amides is 1. The lowest BCUT2D eigenvalue weighted by Crippen LogP contribution is -2.35. The van der Waals surface area contributed by atoms with Crippen molar-refractivity contribution in [1.29, 1.82) is 0 Å². The fourth-order valence-electron chi connectivity index (χ4n) is 3.11. The number of hydrogen-bond donors (Lipinski definition) is 2. The molecule has 0 spiro atoms. The second-order valence-corrected chi connectivity index (χ2v) is 6.30. The monoisotopic (exact) mass is 394 g/mol. The van der Waals surface area contributed by atoms with Crippen LogP contribution in [0.15, 0.2) is 53.1 Å². The highest BCUT2D eigenvalue weighted by Crippen LogP contribution is 2.43. The number of hydrogen-bond acceptors (Lipinski definition) is 4. The van der Waals surface area contributed by atoms with Crippen molar-refractivity contribution in [3.8, 4) is 0 Å². The lowest BCUT2D eigenvalue weighted by atomic mass is 10.0. The molecule has 1 aliphatic rings. The first-order valence-electron chi connectivity index (χ1n) is 8.35. The molecule has 6 nitrogen and oxygen atoms in total. The van der Waals surface area contributed by atoms with Crippen LogP contribution in [-0.2, 0) is 0 Å². The maximum Gasteiger partial charge on any atom is 0.410 e. The van der Waals surface area contributed by atoms with Gasteiger partial charge in [0.15, 0.2) is 11.7 Å². The molecular formula is C18H14F4N4O2. The second kappa shape index (κ2) is 6.70. The van der Waals surface area contributed by atoms with E-state index in [1.54, 1.807) is 12.1 Å². The van der Waals surface area contributed by atoms with Crippen LogP contribution in [-0.4, -0.2) is 21.9 Å². The lowest BCUT2D eigenvalue weighted by Gasteiger charge is -2.32. The van der Waals surface area contributed by atoms with Gasteiger partial charge in [-0.05, 0) is 24.3 Å². The summed E-state index contributed by atoms with van der Waals surface area (Å²) in [5.74, 6) is -1.11. The van der Waals surface area contributed by atoms with Crippen molar-refractivity contribution in [3.05, 3.63) is 66.0 Å². The topological polar surface area (TPSA) is 72.1 Å². The van der Waals surface area contributed by atoms with Crippen molar-refractivity contribution in [2.24, 2.45) is 0 Å². The number of rotatable bonds is 3. The molecule has 4 rings (SSSR count). The van der Waals surface area contributed by atoms with Gasteiger partial charge in [0, 0.05) is 12.5 Å². The summed E-state index contributed by atoms with van der Waals surface area (Å²) in [6.45, 7) is 0. The Balaban J connectivity index is 1.65. The molecular weight excluding hydrogens is 380 g/mol. The third-order valence-corrected chi connectivity index (χ3v) is 4.43. The highest BCUT2D eigenvalue weighted by molar-refractivity contribution is 6.03. The summed E-state index contributed by atoms with van der Waals surface area (Å²) in [4.78, 5) is 12.4. The number of furan rings is 1. The Kier molecular flexibility index (Phi) is 4.33. The maximum absolute atomic E-state index is 13.7. The zero-order valence-electron chi connectivity index (χ0n) is 14.2. The van der Waals surface area contributed by atoms with Gasteiger partial charge in [0.05, 0.1) is 18.0 Å². The molecule has 1 amide bonds. The summed E-state index contributed by atoms with van der Waals surface area (Å²) in [5.41, 5.74) is -0.354. The Morgan fingerprint density at radius 1 is 1.25 bits per heavy atom. The molecule has 2 atom stereocenters. The van der Waals surface area contributed by atoms with Gasteiger partial charge in [0.2, 0.25) is 0 Å². The first kappa shape index (κ1) is 18.1. The van der Waals surface area contributed by atoms with Crippen molar-refractivity contribution >= 4 is 17.4 Å². The van der Waals surface area contributed by atoms with Crippen LogP contribution >= 0.6 is 0 Å². The van der Waals surface area contributed by atoms with Gasteiger partial charge in [-0.2, -0.15) is 18.3 Å². The molecule has 0 aliphatic carbocycles. The number of aromatic nitrogens is 2. The molecule has 1 aromatic carbocycles. The number of alkyl halides is 3. The highest BCUT2D eigenvalue weighted by atomic mass is 19.4. The van der Waals surface area contributed by atoms with Gasteiger partial charge in [-0.1, -0.05) is 12.1 Å². The molecule has 2 aromatic heterocycles. The molecule has 0 bridgehead atoms. The predicted octanol–water partition coefficient (Wildman–Crippen LogP) is 4.53. The zero-order valence-corrected chi connectivity index (χ0v) is 14.2. The van der Waals surface area contributed by atoms with Gasteiger partial charge in [0.25, 0.3) is 5.91 Å². The van der Waals surface area contributed by atoms with Gasteiger partial charge in [-0.25, -0.2) is 9.07 Å². The van der Waals surface area contributed by atoms with E-state index >= 15 is 0 Å². The Morgan fingerprint density at radius 2 is 2.04 bits per heavy atom. The van der Waals surface area contributed by atoms with Crippen molar-refractivity contribution < 1.29 is 26.8 Å². The molecule has 146 valence electrons. The molecule has 1 aliphatic heterocycles. The number of anilines is 2. The number of halogens is 4. The smallest absolute Gasteiger partial charge is 0.410 e. The van der Waals surface area contributed by atoms with Crippen LogP contribution in [0.4, 0.5) is 29.1 Å². The van der Waals surface area contributed by atoms with Crippen LogP contribution in [0.1, 0.15) is 34.8 Å². The van der Waals surface area contributed by atoms with Gasteiger partial charge in [-0.15, -0.1) is 0 Å². The highest BCUT2D eigenvalue weighted by Gasteiger charge is 2.47. The number of fused-ring (bicyclic) bond motifs is 1. The van der Waals surface area contributed by atoms with E-state index in [1.165, 1.54) is 30.5 Å². The van der Waals surface area contributed by atoms with Crippen LogP contribution in [0.25, 0.3) is 0 Å². The fourth-order valence-corrected chi connectivity index (χ4v) is 3.11. The molecule has 0 fully saturated rings. The lowest BCUT2D eigenvalue weighted by molar-refractivity contribution is -0.174. The summed E-state index contributed by atoms with van der Waals surface area (Å²) < 4.78 is 60.4. The first-order chi connectivity index (χ1) is 13.3. The minimum Gasteiger partial charge on any atom is -0.467 e. The molecule has 0 radical (unpaired) electrons. The SMILES string of the molecule is O=C(Nc1ccccc1F)c1cc2n(n1)C(C(F)(F)F)CC(c1ccco1)N2. The van der Waals surface area contributed by atoms with Crippen LogP contribution < -0.4 is 10.6 Å². The summed E-state index contributed by atoms with van der Waals surface area (Å²) in [7, 11) is 0. The minimum atomic E-state index is -4.58. The molecule has 10 heteroatoms. The molecule has 0 saturated heterocycles. The van der Waals surface area contributed by atoms with Gasteiger partial charge >= 0.3 is 6.18 Å². The average molecular weight is 394 g/mol. The number of para-hydroxylation sites is 1. The normalized spacial score (nSPS) is 19.0. The van der Waals surface area contributed by atoms with Gasteiger partial charge < -0.3 is 15.1 Å². The van der Waals surface area contributed by atoms with E-state index in [1.807, 2.05) is 0 Å². The quantitative estimate of drug-likeness (QED) is 0.641. The minimum absolute atomic E-state index is 0.0219. The summed E-state index contributed by atoms with van der Waals surface area (Å²) in [6, 6.07) is 7.16. The molecule has 3 heterocycles. The number of nitrogens with one attached hydrogen (secondary N) is 2. The van der Waals surface area contributed by atoms with Crippen LogP contribution in [0.3, 0.4) is 0 Å². The van der Waals surface area contributed by atoms with E-state index in [0.29, 0.717) is 5.76 Å². The molecule has 3 aromatic rings. The third kappa shape index (κ3) is 3.32. The number of nitrogens with zero attached hydrogens (tertiary/aromatic N) is 2. The average Bonchev–Trinajstić information content (AvgIpc) is 3.31. The Labute approximate surface area is 156 Å². The predicted molar refractivity (Wildman–Crippen MR) is 91.4 cm³/mol. The van der Waals surface area contributed by atoms with E-state index < -0.39 is 30.0 Å². The fraction of sp³-hybridized carbons (Fsp3) is 0.222. The summed E-state index contributed by atoms with van der Waals surface area (Å²) in [6.07, 6.45) is -3.55. The Bertz CT molecular complexity index is 997. The van der Waals surface area contributed by atoms with Gasteiger partial charge in [0.1, 0.15) is 17.4 Å². The third-order valence-electron chi connectivity index (χ3n) is 4.43. The van der Waals surface area contributed by atoms with Crippen molar-refractivity contribution in [2.75, 3.05) is 10.6 Å². The van der Waals surface area contributed by atoms with E-state index in [2.05, 4.69) is 15.7 Å². The zero-order chi connectivity index (χ0) is 19.9. The first-order valence-corrected chi connectivity index (χ1v) is 8.35. The Hall–Kier alpha value is -3.30. The largest absolute Gasteiger partial charge is 0.467 e. The van der Waals surface area contributed by atoms with Crippen LogP contribution in [0.2, 0.25) is 0 Å². The van der Waals surface area contributed by atoms with E-state index in [0.717, 1.165) is 10.7 Å². The molecule has 0 saturated carbocycles. The number of carbonyl (C=O) groups excluding carboxylic acids is 1. The summed E-state index contributed by atoms with van der Waals surface area (Å²) in [5, 5.41) is 9.02. The van der Waals surface area contributed by atoms with Crippen LogP contribution in [0.5, 0.6) is 0 Å². The van der Waals surface area contributed by atoms with E-state index in [9.17, 15) is 22.4 Å². The maximum atomic E-state index is 13.7. The summed E-state index contributed by atoms with van der Waals surface area (Å²) >= 11 is 0. The Morgan fingerprint density at radius 3 is 2.71 bits per heavy atom. The van der Waals surface area contributed by atoms with Crippen LogP contribution in [0, 0.1) is 5.82 Å². The van der Waals surface area contributed by atoms with Crippen molar-refractivity contribution in [1.82, 2.24) is 9.78 Å². The number of benzene rings is 1. The molecule has 28 heavy (non-hydrogen) atoms. The number of carbonyl (C=O) groups is 1. The molecule has 2 unspecified atom stereocenters. The van der Waals surface area contributed by atoms with Crippen molar-refractivity contribution in [2.45, 2.75) is 24.7 Å². The van der Waals surface area contributed by atoms with Crippen molar-refractivity contribution in [3.63, 3.8) is 0 Å². The van der Waals surface area contributed by atoms with E-state index in [-0.39, 0.29) is 23.6 Å². The second-order valence-electron chi connectivity index (χ2n) is 6.30. The standard InChI is InChI=1S/C18H14F4N4O2/c19-10-4-1-2-5-11(10)24-17(27)13-9-16-23-12(14-6-3-7-28-14)8-15(18(20,21)22)26(16)25-13/h1-7,9,12,15,23H,8H2,(H,24,27). The molecule has 2 N–H and O–H groups in total.